The molecule has 4 aromatic rings. The number of para-hydroxylation sites is 2. The molecule has 0 spiro atoms. The van der Waals surface area contributed by atoms with Crippen LogP contribution < -0.4 is 15.0 Å². The van der Waals surface area contributed by atoms with Gasteiger partial charge in [-0.3, -0.25) is 4.98 Å². The van der Waals surface area contributed by atoms with Crippen molar-refractivity contribution in [3.05, 3.63) is 101 Å². The van der Waals surface area contributed by atoms with E-state index in [1.54, 1.807) is 7.11 Å². The highest BCUT2D eigenvalue weighted by molar-refractivity contribution is 7.80. The van der Waals surface area contributed by atoms with E-state index in [-0.39, 0.29) is 12.1 Å². The lowest BCUT2D eigenvalue weighted by atomic mass is 9.96. The molecule has 4 heterocycles. The van der Waals surface area contributed by atoms with Gasteiger partial charge in [0.15, 0.2) is 5.11 Å². The Labute approximate surface area is 205 Å². The van der Waals surface area contributed by atoms with Gasteiger partial charge in [-0.1, -0.05) is 18.2 Å². The monoisotopic (exact) mass is 469 g/mol. The number of methoxy groups -OCH3 is 1. The smallest absolute Gasteiger partial charge is 0.174 e. The van der Waals surface area contributed by atoms with Crippen LogP contribution in [-0.4, -0.2) is 26.8 Å². The van der Waals surface area contributed by atoms with E-state index in [4.69, 9.17) is 17.0 Å². The summed E-state index contributed by atoms with van der Waals surface area (Å²) in [6.45, 7) is 6.34. The molecule has 1 fully saturated rings. The molecule has 1 aliphatic heterocycles. The van der Waals surface area contributed by atoms with Crippen molar-refractivity contribution in [3.63, 3.8) is 0 Å². The molecule has 1 saturated heterocycles. The second kappa shape index (κ2) is 8.91. The minimum atomic E-state index is -0.127. The van der Waals surface area contributed by atoms with Crippen LogP contribution in [0.4, 0.5) is 5.69 Å². The zero-order valence-corrected chi connectivity index (χ0v) is 20.5. The molecule has 172 valence electrons. The Kier molecular flexibility index (Phi) is 5.79. The van der Waals surface area contributed by atoms with Crippen LogP contribution in [0, 0.1) is 20.8 Å². The minimum Gasteiger partial charge on any atom is -0.495 e. The molecule has 0 amide bonds. The van der Waals surface area contributed by atoms with Crippen molar-refractivity contribution in [1.82, 2.24) is 19.9 Å². The number of anilines is 1. The molecule has 3 aromatic heterocycles. The fourth-order valence-corrected chi connectivity index (χ4v) is 5.18. The molecule has 1 aliphatic rings. The van der Waals surface area contributed by atoms with Crippen LogP contribution in [0.5, 0.6) is 5.75 Å². The highest BCUT2D eigenvalue weighted by Crippen LogP contribution is 2.45. The average molecular weight is 470 g/mol. The van der Waals surface area contributed by atoms with Gasteiger partial charge in [0, 0.05) is 23.8 Å². The number of pyridine rings is 2. The van der Waals surface area contributed by atoms with Gasteiger partial charge in [-0.15, -0.1) is 0 Å². The van der Waals surface area contributed by atoms with Crippen molar-refractivity contribution in [2.24, 2.45) is 0 Å². The summed E-state index contributed by atoms with van der Waals surface area (Å²) < 4.78 is 7.92. The first-order chi connectivity index (χ1) is 16.5. The van der Waals surface area contributed by atoms with Crippen molar-refractivity contribution >= 4 is 23.0 Å². The van der Waals surface area contributed by atoms with E-state index in [2.05, 4.69) is 57.7 Å². The van der Waals surface area contributed by atoms with Crippen LogP contribution in [-0.2, 0) is 0 Å². The van der Waals surface area contributed by atoms with Crippen molar-refractivity contribution in [3.8, 4) is 11.6 Å². The molecule has 0 radical (unpaired) electrons. The lowest BCUT2D eigenvalue weighted by Gasteiger charge is -2.29. The van der Waals surface area contributed by atoms with Gasteiger partial charge in [0.2, 0.25) is 0 Å². The highest BCUT2D eigenvalue weighted by atomic mass is 32.1. The Bertz CT molecular complexity index is 1350. The molecular weight excluding hydrogens is 442 g/mol. The minimum absolute atomic E-state index is 0.122. The lowest BCUT2D eigenvalue weighted by molar-refractivity contribution is 0.414. The number of rotatable bonds is 5. The molecule has 2 atom stereocenters. The second-order valence-electron chi connectivity index (χ2n) is 8.52. The summed E-state index contributed by atoms with van der Waals surface area (Å²) in [6, 6.07) is 20.1. The normalized spacial score (nSPS) is 17.6. The molecule has 0 unspecified atom stereocenters. The predicted octanol–water partition coefficient (Wildman–Crippen LogP) is 5.38. The van der Waals surface area contributed by atoms with E-state index in [9.17, 15) is 0 Å². The van der Waals surface area contributed by atoms with Gasteiger partial charge < -0.3 is 19.5 Å². The topological polar surface area (TPSA) is 55.2 Å². The fraction of sp³-hybridized carbons (Fsp3) is 0.222. The van der Waals surface area contributed by atoms with Crippen molar-refractivity contribution in [2.75, 3.05) is 12.0 Å². The van der Waals surface area contributed by atoms with E-state index >= 15 is 0 Å². The Hall–Kier alpha value is -3.71. The number of aromatic nitrogens is 3. The summed E-state index contributed by atoms with van der Waals surface area (Å²) in [7, 11) is 1.69. The van der Waals surface area contributed by atoms with Gasteiger partial charge in [0.1, 0.15) is 11.6 Å². The predicted molar refractivity (Wildman–Crippen MR) is 139 cm³/mol. The quantitative estimate of drug-likeness (QED) is 0.396. The Morgan fingerprint density at radius 1 is 0.941 bits per heavy atom. The third kappa shape index (κ3) is 3.72. The Balaban J connectivity index is 1.71. The van der Waals surface area contributed by atoms with Crippen molar-refractivity contribution in [2.45, 2.75) is 32.9 Å². The number of hydrogen-bond acceptors (Lipinski definition) is 4. The number of benzene rings is 1. The number of nitrogens with zero attached hydrogens (tertiary/aromatic N) is 4. The fourth-order valence-electron chi connectivity index (χ4n) is 4.84. The standard InChI is InChI=1S/C27H27N5OS/c1-17-12-14-29-24(15-17)31-18(2)16-20(19(31)3)26-25(21-9-7-8-13-28-21)30-27(34)32(26)22-10-5-6-11-23(22)33-4/h5-16,25-26H,1-4H3,(H,30,34)/t25-,26+/m0/s1. The van der Waals surface area contributed by atoms with Gasteiger partial charge in [0.05, 0.1) is 30.6 Å². The van der Waals surface area contributed by atoms with Gasteiger partial charge in [-0.2, -0.15) is 0 Å². The van der Waals surface area contributed by atoms with Gasteiger partial charge in [0.25, 0.3) is 0 Å². The molecule has 1 N–H and O–H groups in total. The molecule has 0 aliphatic carbocycles. The number of hydrogen-bond donors (Lipinski definition) is 1. The second-order valence-corrected chi connectivity index (χ2v) is 8.91. The van der Waals surface area contributed by atoms with Crippen molar-refractivity contribution < 1.29 is 4.74 Å². The van der Waals surface area contributed by atoms with Crippen LogP contribution in [0.1, 0.15) is 40.3 Å². The van der Waals surface area contributed by atoms with Crippen LogP contribution >= 0.6 is 12.2 Å². The van der Waals surface area contributed by atoms with E-state index in [1.165, 1.54) is 5.56 Å². The summed E-state index contributed by atoms with van der Waals surface area (Å²) in [5.74, 6) is 1.68. The number of thiocarbonyl (C=S) groups is 1. The van der Waals surface area contributed by atoms with E-state index in [1.807, 2.05) is 60.9 Å². The summed E-state index contributed by atoms with van der Waals surface area (Å²) in [4.78, 5) is 11.5. The molecule has 6 nitrogen and oxygen atoms in total. The lowest BCUT2D eigenvalue weighted by Crippen LogP contribution is -2.30. The van der Waals surface area contributed by atoms with Gasteiger partial charge in [-0.25, -0.2) is 4.98 Å². The summed E-state index contributed by atoms with van der Waals surface area (Å²) in [5, 5.41) is 4.18. The van der Waals surface area contributed by atoms with Crippen LogP contribution in [0.2, 0.25) is 0 Å². The zero-order chi connectivity index (χ0) is 23.8. The van der Waals surface area contributed by atoms with E-state index < -0.39 is 0 Å². The molecular formula is C27H27N5OS. The Morgan fingerprint density at radius 2 is 1.74 bits per heavy atom. The molecule has 7 heteroatoms. The third-order valence-electron chi connectivity index (χ3n) is 6.36. The van der Waals surface area contributed by atoms with Gasteiger partial charge in [-0.05, 0) is 86.6 Å². The molecule has 34 heavy (non-hydrogen) atoms. The number of ether oxygens (including phenoxy) is 1. The summed E-state index contributed by atoms with van der Waals surface area (Å²) in [5.41, 5.74) is 6.42. The molecule has 0 bridgehead atoms. The van der Waals surface area contributed by atoms with Crippen molar-refractivity contribution in [1.29, 1.82) is 0 Å². The highest BCUT2D eigenvalue weighted by Gasteiger charge is 2.43. The Morgan fingerprint density at radius 3 is 2.47 bits per heavy atom. The largest absolute Gasteiger partial charge is 0.495 e. The summed E-state index contributed by atoms with van der Waals surface area (Å²) >= 11 is 5.89. The number of aryl methyl sites for hydroxylation is 2. The average Bonchev–Trinajstić information content (AvgIpc) is 3.34. The molecule has 1 aromatic carbocycles. The molecule has 0 saturated carbocycles. The summed E-state index contributed by atoms with van der Waals surface area (Å²) in [6.07, 6.45) is 3.68. The maximum Gasteiger partial charge on any atom is 0.174 e. The first-order valence-electron chi connectivity index (χ1n) is 11.2. The van der Waals surface area contributed by atoms with Gasteiger partial charge >= 0.3 is 0 Å². The molecule has 5 rings (SSSR count). The van der Waals surface area contributed by atoms with Crippen LogP contribution in [0.15, 0.2) is 73.1 Å². The SMILES string of the molecule is COc1ccccc1N1C(=S)N[C@@H](c2ccccn2)[C@H]1c1cc(C)n(-c2cc(C)ccn2)c1C. The maximum absolute atomic E-state index is 5.89. The van der Waals surface area contributed by atoms with Crippen LogP contribution in [0.3, 0.4) is 0 Å². The van der Waals surface area contributed by atoms with E-state index in [0.717, 1.165) is 39.9 Å². The first-order valence-corrected chi connectivity index (χ1v) is 11.7. The maximum atomic E-state index is 5.89. The van der Waals surface area contributed by atoms with Crippen LogP contribution in [0.25, 0.3) is 5.82 Å². The third-order valence-corrected chi connectivity index (χ3v) is 6.68. The number of nitrogens with one attached hydrogen (secondary N) is 1. The first kappa shape index (κ1) is 22.1. The van der Waals surface area contributed by atoms with E-state index in [0.29, 0.717) is 5.11 Å². The zero-order valence-electron chi connectivity index (χ0n) is 19.7.